The largest absolute Gasteiger partial charge is 0.467 e. The number of methoxy groups -OCH3 is 1. The second-order valence-corrected chi connectivity index (χ2v) is 4.09. The van der Waals surface area contributed by atoms with E-state index < -0.39 is 6.04 Å². The van der Waals surface area contributed by atoms with E-state index in [2.05, 4.69) is 10.1 Å². The SMILES string of the molecule is COC(=O)C(C)NC(=O)C1CCCCC1. The van der Waals surface area contributed by atoms with Gasteiger partial charge >= 0.3 is 5.97 Å². The smallest absolute Gasteiger partial charge is 0.328 e. The van der Waals surface area contributed by atoms with E-state index in [1.54, 1.807) is 6.92 Å². The molecule has 4 heteroatoms. The standard InChI is InChI=1S/C11H19NO3/c1-8(11(14)15-2)12-10(13)9-6-4-3-5-7-9/h8-9H,3-7H2,1-2H3,(H,12,13). The predicted molar refractivity (Wildman–Crippen MR) is 56.2 cm³/mol. The van der Waals surface area contributed by atoms with Crippen LogP contribution in [0.2, 0.25) is 0 Å². The molecular formula is C11H19NO3. The van der Waals surface area contributed by atoms with Crippen molar-refractivity contribution in [3.63, 3.8) is 0 Å². The Morgan fingerprint density at radius 3 is 2.40 bits per heavy atom. The maximum Gasteiger partial charge on any atom is 0.328 e. The van der Waals surface area contributed by atoms with Gasteiger partial charge < -0.3 is 10.1 Å². The molecule has 0 spiro atoms. The van der Waals surface area contributed by atoms with E-state index in [-0.39, 0.29) is 17.8 Å². The van der Waals surface area contributed by atoms with Crippen molar-refractivity contribution in [3.8, 4) is 0 Å². The van der Waals surface area contributed by atoms with Crippen LogP contribution in [0, 0.1) is 5.92 Å². The third-order valence-electron chi connectivity index (χ3n) is 2.89. The van der Waals surface area contributed by atoms with E-state index in [1.807, 2.05) is 0 Å². The molecule has 0 bridgehead atoms. The number of nitrogens with one attached hydrogen (secondary N) is 1. The number of carbonyl (C=O) groups excluding carboxylic acids is 2. The van der Waals surface area contributed by atoms with E-state index >= 15 is 0 Å². The molecule has 0 heterocycles. The van der Waals surface area contributed by atoms with E-state index in [0.717, 1.165) is 25.7 Å². The lowest BCUT2D eigenvalue weighted by atomic mass is 9.88. The molecule has 1 N–H and O–H groups in total. The van der Waals surface area contributed by atoms with Gasteiger partial charge in [0.1, 0.15) is 6.04 Å². The molecule has 0 aromatic carbocycles. The van der Waals surface area contributed by atoms with Gasteiger partial charge in [0.2, 0.25) is 5.91 Å². The van der Waals surface area contributed by atoms with Crippen molar-refractivity contribution >= 4 is 11.9 Å². The van der Waals surface area contributed by atoms with Gasteiger partial charge in [0.25, 0.3) is 0 Å². The average Bonchev–Trinajstić information content (AvgIpc) is 2.29. The first-order chi connectivity index (χ1) is 7.15. The van der Waals surface area contributed by atoms with Crippen LogP contribution in [0.4, 0.5) is 0 Å². The predicted octanol–water partition coefficient (Wildman–Crippen LogP) is 1.24. The van der Waals surface area contributed by atoms with Crippen LogP contribution in [0.25, 0.3) is 0 Å². The Morgan fingerprint density at radius 1 is 1.27 bits per heavy atom. The molecule has 1 atom stereocenters. The summed E-state index contributed by atoms with van der Waals surface area (Å²) in [7, 11) is 1.32. The summed E-state index contributed by atoms with van der Waals surface area (Å²) in [6, 6.07) is -0.538. The lowest BCUT2D eigenvalue weighted by molar-refractivity contribution is -0.145. The van der Waals surface area contributed by atoms with Crippen molar-refractivity contribution < 1.29 is 14.3 Å². The van der Waals surface area contributed by atoms with E-state index in [9.17, 15) is 9.59 Å². The second-order valence-electron chi connectivity index (χ2n) is 4.09. The Hall–Kier alpha value is -1.06. The van der Waals surface area contributed by atoms with Crippen LogP contribution < -0.4 is 5.32 Å². The zero-order valence-electron chi connectivity index (χ0n) is 9.41. The molecule has 1 amide bonds. The maximum absolute atomic E-state index is 11.7. The van der Waals surface area contributed by atoms with Crippen molar-refractivity contribution in [2.75, 3.05) is 7.11 Å². The summed E-state index contributed by atoms with van der Waals surface area (Å²) in [5.41, 5.74) is 0. The average molecular weight is 213 g/mol. The Morgan fingerprint density at radius 2 is 1.87 bits per heavy atom. The van der Waals surface area contributed by atoms with Gasteiger partial charge in [-0.15, -0.1) is 0 Å². The molecule has 0 aliphatic heterocycles. The Labute approximate surface area is 90.4 Å². The first kappa shape index (κ1) is 12.0. The molecule has 1 rings (SSSR count). The Bertz CT molecular complexity index is 234. The molecule has 1 saturated carbocycles. The van der Waals surface area contributed by atoms with E-state index in [1.165, 1.54) is 13.5 Å². The Balaban J connectivity index is 2.36. The fourth-order valence-corrected chi connectivity index (χ4v) is 1.93. The highest BCUT2D eigenvalue weighted by molar-refractivity contribution is 5.85. The number of hydrogen-bond donors (Lipinski definition) is 1. The second kappa shape index (κ2) is 5.73. The van der Waals surface area contributed by atoms with Crippen molar-refractivity contribution in [2.24, 2.45) is 5.92 Å². The third kappa shape index (κ3) is 3.53. The van der Waals surface area contributed by atoms with E-state index in [4.69, 9.17) is 0 Å². The van der Waals surface area contributed by atoms with Crippen LogP contribution in [0.3, 0.4) is 0 Å². The molecule has 0 radical (unpaired) electrons. The van der Waals surface area contributed by atoms with Gasteiger partial charge in [0.15, 0.2) is 0 Å². The van der Waals surface area contributed by atoms with Crippen molar-refractivity contribution in [3.05, 3.63) is 0 Å². The summed E-state index contributed by atoms with van der Waals surface area (Å²) in [6.07, 6.45) is 5.34. The molecule has 0 aromatic heterocycles. The molecule has 4 nitrogen and oxygen atoms in total. The van der Waals surface area contributed by atoms with Crippen LogP contribution in [-0.2, 0) is 14.3 Å². The molecule has 0 aromatic rings. The minimum atomic E-state index is -0.538. The monoisotopic (exact) mass is 213 g/mol. The highest BCUT2D eigenvalue weighted by Crippen LogP contribution is 2.23. The van der Waals surface area contributed by atoms with Gasteiger partial charge in [-0.05, 0) is 19.8 Å². The van der Waals surface area contributed by atoms with Crippen LogP contribution >= 0.6 is 0 Å². The van der Waals surface area contributed by atoms with Gasteiger partial charge in [0.05, 0.1) is 7.11 Å². The Kier molecular flexibility index (Phi) is 4.59. The maximum atomic E-state index is 11.7. The first-order valence-corrected chi connectivity index (χ1v) is 5.53. The number of rotatable bonds is 3. The minimum absolute atomic E-state index is 0.00685. The number of hydrogen-bond acceptors (Lipinski definition) is 3. The van der Waals surface area contributed by atoms with E-state index in [0.29, 0.717) is 0 Å². The summed E-state index contributed by atoms with van der Waals surface area (Å²) in [5, 5.41) is 2.69. The molecule has 1 aliphatic rings. The van der Waals surface area contributed by atoms with Crippen molar-refractivity contribution in [1.82, 2.24) is 5.32 Å². The molecule has 1 unspecified atom stereocenters. The van der Waals surface area contributed by atoms with Crippen LogP contribution in [0.15, 0.2) is 0 Å². The van der Waals surface area contributed by atoms with Crippen LogP contribution in [-0.4, -0.2) is 25.0 Å². The highest BCUT2D eigenvalue weighted by atomic mass is 16.5. The summed E-state index contributed by atoms with van der Waals surface area (Å²) >= 11 is 0. The third-order valence-corrected chi connectivity index (χ3v) is 2.89. The molecule has 15 heavy (non-hydrogen) atoms. The molecule has 0 saturated heterocycles. The first-order valence-electron chi connectivity index (χ1n) is 5.53. The van der Waals surface area contributed by atoms with Crippen molar-refractivity contribution in [1.29, 1.82) is 0 Å². The summed E-state index contributed by atoms with van der Waals surface area (Å²) in [5.74, 6) is -0.308. The number of esters is 1. The summed E-state index contributed by atoms with van der Waals surface area (Å²) in [4.78, 5) is 22.8. The fraction of sp³-hybridized carbons (Fsp3) is 0.818. The van der Waals surface area contributed by atoms with Crippen LogP contribution in [0.5, 0.6) is 0 Å². The summed E-state index contributed by atoms with van der Waals surface area (Å²) < 4.78 is 4.55. The normalized spacial score (nSPS) is 19.3. The lowest BCUT2D eigenvalue weighted by Crippen LogP contribution is -2.42. The number of carbonyl (C=O) groups is 2. The van der Waals surface area contributed by atoms with Gasteiger partial charge in [-0.1, -0.05) is 19.3 Å². The van der Waals surface area contributed by atoms with Gasteiger partial charge in [-0.25, -0.2) is 4.79 Å². The minimum Gasteiger partial charge on any atom is -0.467 e. The quantitative estimate of drug-likeness (QED) is 0.718. The van der Waals surface area contributed by atoms with Gasteiger partial charge in [-0.2, -0.15) is 0 Å². The molecule has 1 aliphatic carbocycles. The zero-order chi connectivity index (χ0) is 11.3. The van der Waals surface area contributed by atoms with Gasteiger partial charge in [0, 0.05) is 5.92 Å². The zero-order valence-corrected chi connectivity index (χ0v) is 9.41. The number of amides is 1. The topological polar surface area (TPSA) is 55.4 Å². The highest BCUT2D eigenvalue weighted by Gasteiger charge is 2.24. The van der Waals surface area contributed by atoms with Gasteiger partial charge in [-0.3, -0.25) is 4.79 Å². The van der Waals surface area contributed by atoms with Crippen LogP contribution in [0.1, 0.15) is 39.0 Å². The molecule has 86 valence electrons. The lowest BCUT2D eigenvalue weighted by Gasteiger charge is -2.22. The molecule has 1 fully saturated rings. The van der Waals surface area contributed by atoms with Crippen molar-refractivity contribution in [2.45, 2.75) is 45.1 Å². The fourth-order valence-electron chi connectivity index (χ4n) is 1.93. The molecular weight excluding hydrogens is 194 g/mol. The summed E-state index contributed by atoms with van der Waals surface area (Å²) in [6.45, 7) is 1.65. The number of ether oxygens (including phenoxy) is 1.